The van der Waals surface area contributed by atoms with E-state index in [0.29, 0.717) is 6.04 Å². The fourth-order valence-corrected chi connectivity index (χ4v) is 2.69. The maximum atomic E-state index is 10.6. The second-order valence-corrected chi connectivity index (χ2v) is 6.67. The molecule has 6 nitrogen and oxygen atoms in total. The van der Waals surface area contributed by atoms with Crippen LogP contribution in [0, 0.1) is 0 Å². The minimum Gasteiger partial charge on any atom is -0.542 e. The Balaban J connectivity index is 0.000000503. The van der Waals surface area contributed by atoms with Crippen LogP contribution in [0.5, 0.6) is 0 Å². The normalized spacial score (nSPS) is 21.4. The number of piperidine rings is 1. The highest BCUT2D eigenvalue weighted by molar-refractivity contribution is 5.73. The van der Waals surface area contributed by atoms with E-state index in [-0.39, 0.29) is 0 Å². The lowest BCUT2D eigenvalue weighted by Crippen LogP contribution is -2.54. The quantitative estimate of drug-likeness (QED) is 0.547. The summed E-state index contributed by atoms with van der Waals surface area (Å²) in [6.45, 7) is 7.19. The Morgan fingerprint density at radius 1 is 1.07 bits per heavy atom. The first kappa shape index (κ1) is 27.7. The number of quaternary nitrogens is 1. The van der Waals surface area contributed by atoms with Gasteiger partial charge >= 0.3 is 18.3 Å². The Hall–Kier alpha value is -2.34. The summed E-state index contributed by atoms with van der Waals surface area (Å²) in [5.74, 6) is -5.76. The largest absolute Gasteiger partial charge is 0.542 e. The van der Waals surface area contributed by atoms with E-state index in [0.717, 1.165) is 0 Å². The Kier molecular flexibility index (Phi) is 10.8. The predicted octanol–water partition coefficient (Wildman–Crippen LogP) is 2.08. The molecule has 3 N–H and O–H groups in total. The molecule has 0 saturated carbocycles. The predicted molar refractivity (Wildman–Crippen MR) is 92.6 cm³/mol. The van der Waals surface area contributed by atoms with Crippen molar-refractivity contribution in [3.05, 3.63) is 35.9 Å². The van der Waals surface area contributed by atoms with Gasteiger partial charge in [0.25, 0.3) is 0 Å². The number of halogens is 6. The van der Waals surface area contributed by atoms with E-state index in [1.807, 2.05) is 0 Å². The van der Waals surface area contributed by atoms with Gasteiger partial charge in [0, 0.05) is 24.4 Å². The SMILES string of the molecule is CC[N+]1(Cc2ccccc2)CCC(N)CC1.O=C(O)C(F)(F)F.O=C([O-])C(F)(F)F. The van der Waals surface area contributed by atoms with Crippen molar-refractivity contribution >= 4 is 11.9 Å². The van der Waals surface area contributed by atoms with Crippen LogP contribution in [-0.4, -0.2) is 59.6 Å². The van der Waals surface area contributed by atoms with Crippen molar-refractivity contribution < 1.29 is 50.6 Å². The number of hydrogen-bond donors (Lipinski definition) is 2. The van der Waals surface area contributed by atoms with Gasteiger partial charge in [0.1, 0.15) is 12.5 Å². The highest BCUT2D eigenvalue weighted by atomic mass is 19.4. The maximum absolute atomic E-state index is 10.6. The minimum atomic E-state index is -5.19. The summed E-state index contributed by atoms with van der Waals surface area (Å²) in [5, 5.41) is 15.9. The third-order valence-corrected chi connectivity index (χ3v) is 4.45. The van der Waals surface area contributed by atoms with Crippen LogP contribution in [-0.2, 0) is 16.1 Å². The number of nitrogens with two attached hydrogens (primary N) is 1. The van der Waals surface area contributed by atoms with Crippen LogP contribution in [0.1, 0.15) is 25.3 Å². The van der Waals surface area contributed by atoms with E-state index in [9.17, 15) is 26.3 Å². The summed E-state index contributed by atoms with van der Waals surface area (Å²) in [6.07, 6.45) is -7.92. The number of carbonyl (C=O) groups is 2. The van der Waals surface area contributed by atoms with E-state index in [2.05, 4.69) is 37.3 Å². The fraction of sp³-hybridized carbons (Fsp3) is 0.556. The highest BCUT2D eigenvalue weighted by Crippen LogP contribution is 2.22. The van der Waals surface area contributed by atoms with Gasteiger partial charge in [-0.2, -0.15) is 26.3 Å². The lowest BCUT2D eigenvalue weighted by atomic mass is 10.0. The van der Waals surface area contributed by atoms with Gasteiger partial charge in [-0.05, 0) is 6.92 Å². The number of aliphatic carboxylic acids is 2. The third kappa shape index (κ3) is 11.0. The van der Waals surface area contributed by atoms with Crippen molar-refractivity contribution in [1.82, 2.24) is 0 Å². The number of carbonyl (C=O) groups excluding carboxylic acids is 1. The smallest absolute Gasteiger partial charge is 0.490 e. The van der Waals surface area contributed by atoms with Gasteiger partial charge in [-0.15, -0.1) is 0 Å². The number of likely N-dealkylation sites (tertiary alicyclic amines) is 1. The third-order valence-electron chi connectivity index (χ3n) is 4.45. The standard InChI is InChI=1S/C14H23N2.2C2HF3O2/c1-2-16(10-8-14(15)9-11-16)12-13-6-4-3-5-7-13;2*3-2(4,5)1(6)7/h3-7,14H,2,8-12,15H2,1H3;2*(H,6,7)/q+1;;/p-1. The fourth-order valence-electron chi connectivity index (χ4n) is 2.69. The zero-order valence-electron chi connectivity index (χ0n) is 16.2. The van der Waals surface area contributed by atoms with Gasteiger partial charge in [-0.25, -0.2) is 4.79 Å². The molecule has 1 aliphatic heterocycles. The average molecular weight is 446 g/mol. The summed E-state index contributed by atoms with van der Waals surface area (Å²) < 4.78 is 64.5. The number of hydrogen-bond acceptors (Lipinski definition) is 4. The average Bonchev–Trinajstić information content (AvgIpc) is 2.64. The Bertz CT molecular complexity index is 633. The Morgan fingerprint density at radius 3 is 1.77 bits per heavy atom. The monoisotopic (exact) mass is 446 g/mol. The molecule has 1 heterocycles. The first-order valence-electron chi connectivity index (χ1n) is 8.86. The van der Waals surface area contributed by atoms with Crippen LogP contribution in [0.4, 0.5) is 26.3 Å². The molecule has 0 unspecified atom stereocenters. The van der Waals surface area contributed by atoms with Crippen molar-refractivity contribution in [2.24, 2.45) is 5.73 Å². The molecule has 1 aliphatic rings. The van der Waals surface area contributed by atoms with Gasteiger partial charge in [0.2, 0.25) is 0 Å². The second-order valence-electron chi connectivity index (χ2n) is 6.67. The van der Waals surface area contributed by atoms with Gasteiger partial charge in [-0.1, -0.05) is 30.3 Å². The summed E-state index contributed by atoms with van der Waals surface area (Å²) in [7, 11) is 0. The maximum Gasteiger partial charge on any atom is 0.490 e. The van der Waals surface area contributed by atoms with E-state index < -0.39 is 24.3 Å². The van der Waals surface area contributed by atoms with E-state index in [1.165, 1.54) is 49.1 Å². The van der Waals surface area contributed by atoms with Crippen molar-refractivity contribution in [2.45, 2.75) is 44.7 Å². The molecule has 12 heteroatoms. The van der Waals surface area contributed by atoms with Crippen molar-refractivity contribution in [3.63, 3.8) is 0 Å². The van der Waals surface area contributed by atoms with Gasteiger partial charge < -0.3 is 25.2 Å². The molecular weight excluding hydrogens is 422 g/mol. The first-order chi connectivity index (χ1) is 13.6. The molecule has 0 amide bonds. The Labute approximate surface area is 169 Å². The number of nitrogens with zero attached hydrogens (tertiary/aromatic N) is 1. The van der Waals surface area contributed by atoms with Crippen LogP contribution in [0.3, 0.4) is 0 Å². The van der Waals surface area contributed by atoms with Crippen LogP contribution in [0.15, 0.2) is 30.3 Å². The summed E-state index contributed by atoms with van der Waals surface area (Å²) >= 11 is 0. The molecule has 0 atom stereocenters. The van der Waals surface area contributed by atoms with Gasteiger partial charge in [0.15, 0.2) is 0 Å². The number of carboxylic acid groups (broad SMARTS) is 2. The molecule has 0 aromatic heterocycles. The lowest BCUT2D eigenvalue weighted by molar-refractivity contribution is -0.943. The van der Waals surface area contributed by atoms with E-state index in [4.69, 9.17) is 25.5 Å². The molecule has 0 spiro atoms. The van der Waals surface area contributed by atoms with Crippen LogP contribution < -0.4 is 10.8 Å². The van der Waals surface area contributed by atoms with Gasteiger partial charge in [0.05, 0.1) is 19.6 Å². The molecule has 1 saturated heterocycles. The number of rotatable bonds is 3. The van der Waals surface area contributed by atoms with Crippen molar-refractivity contribution in [1.29, 1.82) is 0 Å². The van der Waals surface area contributed by atoms with E-state index >= 15 is 0 Å². The summed E-state index contributed by atoms with van der Waals surface area (Å²) in [6, 6.07) is 11.3. The van der Waals surface area contributed by atoms with Crippen LogP contribution >= 0.6 is 0 Å². The molecular formula is C18H24F6N2O4. The molecule has 2 rings (SSSR count). The molecule has 172 valence electrons. The molecule has 0 bridgehead atoms. The van der Waals surface area contributed by atoms with E-state index in [1.54, 1.807) is 0 Å². The molecule has 1 aromatic rings. The number of benzene rings is 1. The number of alkyl halides is 6. The van der Waals surface area contributed by atoms with Crippen molar-refractivity contribution in [2.75, 3.05) is 19.6 Å². The molecule has 1 aromatic carbocycles. The highest BCUT2D eigenvalue weighted by Gasteiger charge is 2.38. The second kappa shape index (κ2) is 11.7. The minimum absolute atomic E-state index is 0.438. The lowest BCUT2D eigenvalue weighted by Gasteiger charge is -2.42. The molecule has 1 fully saturated rings. The number of carboxylic acids is 2. The van der Waals surface area contributed by atoms with Crippen LogP contribution in [0.2, 0.25) is 0 Å². The van der Waals surface area contributed by atoms with Crippen LogP contribution in [0.25, 0.3) is 0 Å². The topological polar surface area (TPSA) is 103 Å². The summed E-state index contributed by atoms with van der Waals surface area (Å²) in [4.78, 5) is 17.7. The summed E-state index contributed by atoms with van der Waals surface area (Å²) in [5.41, 5.74) is 7.45. The van der Waals surface area contributed by atoms with Gasteiger partial charge in [-0.3, -0.25) is 0 Å². The Morgan fingerprint density at radius 2 is 1.47 bits per heavy atom. The molecule has 0 radical (unpaired) electrons. The van der Waals surface area contributed by atoms with Crippen molar-refractivity contribution in [3.8, 4) is 0 Å². The zero-order valence-corrected chi connectivity index (χ0v) is 16.2. The first-order valence-corrected chi connectivity index (χ1v) is 8.86. The molecule has 30 heavy (non-hydrogen) atoms. The molecule has 0 aliphatic carbocycles. The zero-order chi connectivity index (χ0) is 23.6.